The Morgan fingerprint density at radius 3 is 2.19 bits per heavy atom. The minimum atomic E-state index is -0.838. The first-order chi connectivity index (χ1) is 12.9. The number of fused-ring (bicyclic) bond motifs is 1. The van der Waals surface area contributed by atoms with Gasteiger partial charge in [-0.3, -0.25) is 19.3 Å². The summed E-state index contributed by atoms with van der Waals surface area (Å²) in [7, 11) is 0. The summed E-state index contributed by atoms with van der Waals surface area (Å²) in [6, 6.07) is 5.85. The summed E-state index contributed by atoms with van der Waals surface area (Å²) in [5.74, 6) is -0.996. The fraction of sp³-hybridized carbons (Fsp3) is 0.571. The van der Waals surface area contributed by atoms with Crippen molar-refractivity contribution in [2.24, 2.45) is 11.3 Å². The molecule has 146 valence electrons. The van der Waals surface area contributed by atoms with Crippen molar-refractivity contribution < 1.29 is 19.5 Å². The molecule has 27 heavy (non-hydrogen) atoms. The average molecular weight is 372 g/mol. The monoisotopic (exact) mass is 372 g/mol. The molecule has 6 nitrogen and oxygen atoms in total. The second-order valence-corrected chi connectivity index (χ2v) is 8.25. The van der Waals surface area contributed by atoms with Gasteiger partial charge >= 0.3 is 0 Å². The Bertz CT molecular complexity index is 702. The second kappa shape index (κ2) is 7.80. The van der Waals surface area contributed by atoms with Crippen LogP contribution in [0.15, 0.2) is 24.3 Å². The third-order valence-corrected chi connectivity index (χ3v) is 5.77. The molecule has 2 aliphatic rings. The first kappa shape index (κ1) is 19.5. The maximum Gasteiger partial charge on any atom is 0.262 e. The van der Waals surface area contributed by atoms with Crippen LogP contribution in [0.2, 0.25) is 0 Å². The molecule has 0 radical (unpaired) electrons. The Labute approximate surface area is 159 Å². The number of hydrogen-bond acceptors (Lipinski definition) is 4. The molecule has 2 N–H and O–H groups in total. The lowest BCUT2D eigenvalue weighted by atomic mass is 9.87. The van der Waals surface area contributed by atoms with Crippen LogP contribution in [0.4, 0.5) is 0 Å². The lowest BCUT2D eigenvalue weighted by Crippen LogP contribution is -2.52. The summed E-state index contributed by atoms with van der Waals surface area (Å²) in [4.78, 5) is 39.7. The molecule has 1 fully saturated rings. The highest BCUT2D eigenvalue weighted by atomic mass is 16.3. The number of carbonyl (C=O) groups excluding carboxylic acids is 3. The molecule has 1 aromatic carbocycles. The lowest BCUT2D eigenvalue weighted by molar-refractivity contribution is -0.126. The number of nitrogens with one attached hydrogen (secondary N) is 1. The summed E-state index contributed by atoms with van der Waals surface area (Å²) in [5, 5.41) is 12.7. The van der Waals surface area contributed by atoms with Crippen LogP contribution in [-0.2, 0) is 4.79 Å². The van der Waals surface area contributed by atoms with Gasteiger partial charge in [0, 0.05) is 12.0 Å². The van der Waals surface area contributed by atoms with Crippen molar-refractivity contribution in [1.29, 1.82) is 0 Å². The molecule has 0 aromatic heterocycles. The van der Waals surface area contributed by atoms with Crippen molar-refractivity contribution in [1.82, 2.24) is 10.2 Å². The molecule has 1 unspecified atom stereocenters. The maximum atomic E-state index is 13.0. The quantitative estimate of drug-likeness (QED) is 0.720. The van der Waals surface area contributed by atoms with Crippen LogP contribution in [0, 0.1) is 11.3 Å². The van der Waals surface area contributed by atoms with Crippen molar-refractivity contribution >= 4 is 17.7 Å². The van der Waals surface area contributed by atoms with Crippen LogP contribution >= 0.6 is 0 Å². The van der Waals surface area contributed by atoms with Crippen LogP contribution in [0.3, 0.4) is 0 Å². The van der Waals surface area contributed by atoms with Crippen molar-refractivity contribution in [3.63, 3.8) is 0 Å². The van der Waals surface area contributed by atoms with Crippen LogP contribution in [-0.4, -0.2) is 46.9 Å². The Hall–Kier alpha value is -2.21. The highest BCUT2D eigenvalue weighted by Gasteiger charge is 2.43. The number of imide groups is 1. The second-order valence-electron chi connectivity index (χ2n) is 8.25. The molecule has 1 saturated carbocycles. The number of carbonyl (C=O) groups is 3. The molecule has 1 heterocycles. The Morgan fingerprint density at radius 1 is 1.15 bits per heavy atom. The van der Waals surface area contributed by atoms with E-state index >= 15 is 0 Å². The van der Waals surface area contributed by atoms with Crippen molar-refractivity contribution in [2.75, 3.05) is 13.2 Å². The van der Waals surface area contributed by atoms with E-state index in [0.29, 0.717) is 24.1 Å². The van der Waals surface area contributed by atoms with E-state index in [1.165, 1.54) is 0 Å². The number of amides is 3. The first-order valence-electron chi connectivity index (χ1n) is 9.74. The molecular formula is C21H28N2O4. The summed E-state index contributed by atoms with van der Waals surface area (Å²) < 4.78 is 0. The minimum Gasteiger partial charge on any atom is -0.396 e. The molecule has 1 aromatic rings. The highest BCUT2D eigenvalue weighted by Crippen LogP contribution is 2.37. The van der Waals surface area contributed by atoms with Gasteiger partial charge in [0.25, 0.3) is 11.8 Å². The Balaban J connectivity index is 1.79. The highest BCUT2D eigenvalue weighted by molar-refractivity contribution is 6.22. The van der Waals surface area contributed by atoms with E-state index < -0.39 is 17.9 Å². The first-order valence-corrected chi connectivity index (χ1v) is 9.74. The molecule has 1 atom stereocenters. The molecular weight excluding hydrogens is 344 g/mol. The largest absolute Gasteiger partial charge is 0.396 e. The van der Waals surface area contributed by atoms with E-state index in [1.54, 1.807) is 24.3 Å². The van der Waals surface area contributed by atoms with Crippen LogP contribution in [0.25, 0.3) is 0 Å². The minimum absolute atomic E-state index is 0.0368. The number of hydrogen-bond donors (Lipinski definition) is 2. The van der Waals surface area contributed by atoms with E-state index in [4.69, 9.17) is 0 Å². The van der Waals surface area contributed by atoms with Crippen molar-refractivity contribution in [3.05, 3.63) is 35.4 Å². The van der Waals surface area contributed by atoms with Crippen molar-refractivity contribution in [3.8, 4) is 0 Å². The normalized spacial score (nSPS) is 19.5. The summed E-state index contributed by atoms with van der Waals surface area (Å²) in [5.41, 5.74) is 0.429. The molecule has 0 saturated heterocycles. The number of benzene rings is 1. The number of aliphatic hydroxyl groups is 1. The number of nitrogens with zero attached hydrogens (tertiary/aromatic N) is 1. The molecule has 0 spiro atoms. The predicted octanol–water partition coefficient (Wildman–Crippen LogP) is 2.37. The Morgan fingerprint density at radius 2 is 1.70 bits per heavy atom. The van der Waals surface area contributed by atoms with Gasteiger partial charge in [0.15, 0.2) is 0 Å². The van der Waals surface area contributed by atoms with E-state index in [-0.39, 0.29) is 23.8 Å². The van der Waals surface area contributed by atoms with Gasteiger partial charge < -0.3 is 10.4 Å². The van der Waals surface area contributed by atoms with E-state index in [1.807, 2.05) is 13.8 Å². The predicted molar refractivity (Wildman–Crippen MR) is 101 cm³/mol. The van der Waals surface area contributed by atoms with Gasteiger partial charge in [0.2, 0.25) is 5.91 Å². The average Bonchev–Trinajstić information content (AvgIpc) is 3.23. The molecule has 3 rings (SSSR count). The zero-order chi connectivity index (χ0) is 19.6. The van der Waals surface area contributed by atoms with Crippen LogP contribution in [0.1, 0.15) is 66.7 Å². The zero-order valence-electron chi connectivity index (χ0n) is 16.0. The van der Waals surface area contributed by atoms with Gasteiger partial charge in [-0.25, -0.2) is 0 Å². The molecule has 6 heteroatoms. The fourth-order valence-electron chi connectivity index (χ4n) is 4.18. The Kier molecular flexibility index (Phi) is 5.65. The zero-order valence-corrected chi connectivity index (χ0v) is 16.0. The summed E-state index contributed by atoms with van der Waals surface area (Å²) in [6.45, 7) is 4.34. The maximum absolute atomic E-state index is 13.0. The van der Waals surface area contributed by atoms with Crippen molar-refractivity contribution in [2.45, 2.75) is 52.0 Å². The van der Waals surface area contributed by atoms with Gasteiger partial charge in [-0.2, -0.15) is 0 Å². The van der Waals surface area contributed by atoms with E-state index in [9.17, 15) is 19.5 Å². The number of aliphatic hydroxyl groups excluding tert-OH is 1. The molecule has 1 aliphatic heterocycles. The van der Waals surface area contributed by atoms with Gasteiger partial charge in [-0.15, -0.1) is 0 Å². The third kappa shape index (κ3) is 3.76. The fourth-order valence-corrected chi connectivity index (χ4v) is 4.18. The number of rotatable bonds is 7. The smallest absolute Gasteiger partial charge is 0.262 e. The van der Waals surface area contributed by atoms with Gasteiger partial charge in [-0.1, -0.05) is 38.8 Å². The lowest BCUT2D eigenvalue weighted by Gasteiger charge is -2.30. The van der Waals surface area contributed by atoms with Gasteiger partial charge in [0.1, 0.15) is 6.04 Å². The topological polar surface area (TPSA) is 86.7 Å². The standard InChI is InChI=1S/C21H28N2O4/c1-14(2)11-17(18(25)22-12-21(13-24)9-5-6-10-21)23-19(26)15-7-3-4-8-16(15)20(23)27/h3-4,7-8,14,17,24H,5-6,9-13H2,1-2H3,(H,22,25). The van der Waals surface area contributed by atoms with Gasteiger partial charge in [-0.05, 0) is 37.3 Å². The summed E-state index contributed by atoms with van der Waals surface area (Å²) in [6.07, 6.45) is 4.26. The van der Waals surface area contributed by atoms with E-state index in [0.717, 1.165) is 30.6 Å². The molecule has 0 bridgehead atoms. The van der Waals surface area contributed by atoms with Crippen LogP contribution in [0.5, 0.6) is 0 Å². The summed E-state index contributed by atoms with van der Waals surface area (Å²) >= 11 is 0. The third-order valence-electron chi connectivity index (χ3n) is 5.77. The SMILES string of the molecule is CC(C)CC(C(=O)NCC1(CO)CCCC1)N1C(=O)c2ccccc2C1=O. The van der Waals surface area contributed by atoms with Gasteiger partial charge in [0.05, 0.1) is 17.7 Å². The van der Waals surface area contributed by atoms with E-state index in [2.05, 4.69) is 5.32 Å². The molecule has 3 amide bonds. The molecule has 1 aliphatic carbocycles. The van der Waals surface area contributed by atoms with Crippen LogP contribution < -0.4 is 5.32 Å².